The molecule has 0 saturated heterocycles. The molecule has 0 aromatic heterocycles. The number of ether oxygens (including phenoxy) is 6. The molecule has 0 aliphatic rings. The molecule has 0 atom stereocenters. The molecular weight excluding hydrogens is 806 g/mol. The van der Waals surface area contributed by atoms with Crippen molar-refractivity contribution in [3.8, 4) is 69.0 Å². The first-order chi connectivity index (χ1) is 29.4. The molecule has 6 rings (SSSR count). The molecule has 316 valence electrons. The first-order valence-electron chi connectivity index (χ1n) is 18.9. The van der Waals surface area contributed by atoms with Gasteiger partial charge in [-0.15, -0.1) is 0 Å². The van der Waals surface area contributed by atoms with Crippen LogP contribution in [0.1, 0.15) is 0 Å². The Balaban J connectivity index is 1.49. The Kier molecular flexibility index (Phi) is 15.1. The van der Waals surface area contributed by atoms with Gasteiger partial charge in [-0.25, -0.2) is 0 Å². The standard InChI is InChI=1S/C46H50O12P2/c1-47-35-21-7-13-27-41(35)53-59(54-42-28-14-8-22-36(42)48-2,55-43-29-15-9-23-37(43)49-3)33-19-20-34-60(56-44-30-16-10-24-38(44)50-4,57-45-31-17-11-25-39(45)51-5)58-46-32-18-12-26-40(46)52-6/h7-32,59-60H,33-34H2,1-6H3. The molecule has 60 heavy (non-hydrogen) atoms. The van der Waals surface area contributed by atoms with Crippen LogP contribution in [-0.4, -0.2) is 55.0 Å². The van der Waals surface area contributed by atoms with Gasteiger partial charge in [0.2, 0.25) is 0 Å². The van der Waals surface area contributed by atoms with Gasteiger partial charge in [0.1, 0.15) is 0 Å². The molecule has 0 unspecified atom stereocenters. The Bertz CT molecular complexity index is 1920. The van der Waals surface area contributed by atoms with Gasteiger partial charge in [0, 0.05) is 0 Å². The van der Waals surface area contributed by atoms with Crippen molar-refractivity contribution >= 4 is 15.9 Å². The number of hydrogen-bond acceptors (Lipinski definition) is 12. The molecule has 0 spiro atoms. The number of allylic oxidation sites excluding steroid dienone is 2. The van der Waals surface area contributed by atoms with E-state index in [4.69, 9.17) is 55.6 Å². The molecule has 0 aliphatic heterocycles. The molecule has 0 heterocycles. The molecule has 0 amide bonds. The fourth-order valence-electron chi connectivity index (χ4n) is 6.05. The van der Waals surface area contributed by atoms with E-state index < -0.39 is 15.9 Å². The second kappa shape index (κ2) is 21.0. The fraction of sp³-hybridized carbons (Fsp3) is 0.174. The molecule has 0 radical (unpaired) electrons. The van der Waals surface area contributed by atoms with Gasteiger partial charge in [0.05, 0.1) is 0 Å². The number of methoxy groups -OCH3 is 6. The van der Waals surface area contributed by atoms with Crippen molar-refractivity contribution in [2.75, 3.05) is 55.0 Å². The Morgan fingerprint density at radius 2 is 0.417 bits per heavy atom. The van der Waals surface area contributed by atoms with Gasteiger partial charge in [0.15, 0.2) is 0 Å². The summed E-state index contributed by atoms with van der Waals surface area (Å²) in [7, 11) is 1.40. The molecule has 6 aromatic carbocycles. The summed E-state index contributed by atoms with van der Waals surface area (Å²) in [5.74, 6) is 5.36. The van der Waals surface area contributed by atoms with Gasteiger partial charge >= 0.3 is 353 Å². The van der Waals surface area contributed by atoms with E-state index in [9.17, 15) is 0 Å². The van der Waals surface area contributed by atoms with Crippen molar-refractivity contribution < 1.29 is 55.6 Å². The van der Waals surface area contributed by atoms with Crippen LogP contribution in [-0.2, 0) is 0 Å². The van der Waals surface area contributed by atoms with Crippen LogP contribution in [0.3, 0.4) is 0 Å². The number of rotatable bonds is 22. The van der Waals surface area contributed by atoms with Gasteiger partial charge < -0.3 is 0 Å². The summed E-state index contributed by atoms with van der Waals surface area (Å²) < 4.78 is 75.8. The Morgan fingerprint density at radius 3 is 0.567 bits per heavy atom. The van der Waals surface area contributed by atoms with Crippen LogP contribution >= 0.6 is 15.9 Å². The van der Waals surface area contributed by atoms with Crippen LogP contribution in [0.4, 0.5) is 0 Å². The van der Waals surface area contributed by atoms with Gasteiger partial charge in [-0.2, -0.15) is 0 Å². The summed E-state index contributed by atoms with van der Waals surface area (Å²) in [6, 6.07) is 43.8. The fourth-order valence-corrected chi connectivity index (χ4v) is 10.7. The van der Waals surface area contributed by atoms with Crippen LogP contribution in [0.5, 0.6) is 69.0 Å². The molecule has 0 N–H and O–H groups in total. The van der Waals surface area contributed by atoms with Crippen LogP contribution in [0.2, 0.25) is 0 Å². The predicted molar refractivity (Wildman–Crippen MR) is 237 cm³/mol. The molecule has 0 bridgehead atoms. The monoisotopic (exact) mass is 856 g/mol. The molecule has 6 aromatic rings. The zero-order valence-electron chi connectivity index (χ0n) is 34.3. The molecule has 14 heteroatoms. The van der Waals surface area contributed by atoms with Crippen molar-refractivity contribution in [1.82, 2.24) is 0 Å². The van der Waals surface area contributed by atoms with E-state index in [0.717, 1.165) is 0 Å². The van der Waals surface area contributed by atoms with Crippen molar-refractivity contribution in [1.29, 1.82) is 0 Å². The summed E-state index contributed by atoms with van der Waals surface area (Å²) >= 11 is 0. The minimum atomic E-state index is -4.02. The van der Waals surface area contributed by atoms with Gasteiger partial charge in [-0.1, -0.05) is 0 Å². The second-order valence-electron chi connectivity index (χ2n) is 12.8. The number of hydrogen-bond donors (Lipinski definition) is 0. The number of benzene rings is 6. The Morgan fingerprint density at radius 1 is 0.267 bits per heavy atom. The molecule has 0 aliphatic carbocycles. The average Bonchev–Trinajstić information content (AvgIpc) is 3.29. The summed E-state index contributed by atoms with van der Waals surface area (Å²) in [5, 5.41) is 0. The van der Waals surface area contributed by atoms with E-state index in [0.29, 0.717) is 69.0 Å². The zero-order chi connectivity index (χ0) is 42.2. The summed E-state index contributed by atoms with van der Waals surface area (Å²) in [4.78, 5) is 0. The van der Waals surface area contributed by atoms with Gasteiger partial charge in [0.25, 0.3) is 0 Å². The van der Waals surface area contributed by atoms with E-state index in [2.05, 4.69) is 0 Å². The maximum atomic E-state index is 6.92. The van der Waals surface area contributed by atoms with Crippen molar-refractivity contribution in [2.45, 2.75) is 0 Å². The second-order valence-corrected chi connectivity index (χ2v) is 17.5. The molecular formula is C46H50O12P2. The Labute approximate surface area is 352 Å². The van der Waals surface area contributed by atoms with Gasteiger partial charge in [-0.3, -0.25) is 0 Å². The third-order valence-electron chi connectivity index (χ3n) is 8.91. The van der Waals surface area contributed by atoms with E-state index >= 15 is 0 Å². The number of para-hydroxylation sites is 12. The zero-order valence-corrected chi connectivity index (χ0v) is 36.3. The SMILES string of the molecule is COc1ccccc1O[PH](CC=CC[PH](Oc1ccccc1OC)(Oc1ccccc1OC)Oc1ccccc1OC)(Oc1ccccc1OC)Oc1ccccc1OC. The molecule has 12 nitrogen and oxygen atoms in total. The first-order valence-corrected chi connectivity index (χ1v) is 22.8. The van der Waals surface area contributed by atoms with E-state index in [-0.39, 0.29) is 12.3 Å². The summed E-state index contributed by atoms with van der Waals surface area (Å²) in [5.41, 5.74) is 0. The van der Waals surface area contributed by atoms with E-state index in [1.165, 1.54) is 0 Å². The Hall–Kier alpha value is -6.48. The average molecular weight is 857 g/mol. The van der Waals surface area contributed by atoms with Crippen molar-refractivity contribution in [3.63, 3.8) is 0 Å². The van der Waals surface area contributed by atoms with Crippen LogP contribution < -0.4 is 55.6 Å². The molecule has 0 saturated carbocycles. The third-order valence-corrected chi connectivity index (χ3v) is 13.6. The van der Waals surface area contributed by atoms with E-state index in [1.54, 1.807) is 115 Å². The topological polar surface area (TPSA) is 111 Å². The minimum absolute atomic E-state index is 0.115. The quantitative estimate of drug-likeness (QED) is 0.0479. The van der Waals surface area contributed by atoms with Crippen LogP contribution in [0, 0.1) is 0 Å². The summed E-state index contributed by atoms with van der Waals surface area (Å²) in [6.07, 6.45) is 4.03. The normalized spacial score (nSPS) is 11.8. The van der Waals surface area contributed by atoms with E-state index in [1.807, 2.05) is 84.9 Å². The first kappa shape index (κ1) is 43.1. The van der Waals surface area contributed by atoms with Crippen molar-refractivity contribution in [3.05, 3.63) is 158 Å². The predicted octanol–water partition coefficient (Wildman–Crippen LogP) is 11.1. The summed E-state index contributed by atoms with van der Waals surface area (Å²) in [6.45, 7) is 0. The third kappa shape index (κ3) is 10.8. The van der Waals surface area contributed by atoms with Crippen LogP contribution in [0.15, 0.2) is 158 Å². The van der Waals surface area contributed by atoms with Crippen LogP contribution in [0.25, 0.3) is 0 Å². The van der Waals surface area contributed by atoms with Crippen molar-refractivity contribution in [2.24, 2.45) is 0 Å². The maximum absolute atomic E-state index is 6.92. The van der Waals surface area contributed by atoms with Gasteiger partial charge in [-0.05, 0) is 0 Å². The molecule has 0 fully saturated rings.